The van der Waals surface area contributed by atoms with Crippen molar-refractivity contribution in [3.63, 3.8) is 0 Å². The van der Waals surface area contributed by atoms with Crippen LogP contribution in [0.15, 0.2) is 0 Å². The van der Waals surface area contributed by atoms with E-state index in [1.165, 1.54) is 45.4 Å². The van der Waals surface area contributed by atoms with E-state index in [0.717, 1.165) is 5.92 Å². The van der Waals surface area contributed by atoms with E-state index in [4.69, 9.17) is 0 Å². The van der Waals surface area contributed by atoms with E-state index in [1.807, 2.05) is 0 Å². The van der Waals surface area contributed by atoms with Gasteiger partial charge in [0.1, 0.15) is 0 Å². The molecule has 0 aromatic carbocycles. The summed E-state index contributed by atoms with van der Waals surface area (Å²) in [6.07, 6.45) is 4.10. The molecule has 0 aromatic rings. The minimum atomic E-state index is 0.923. The summed E-state index contributed by atoms with van der Waals surface area (Å²) in [7, 11) is 4.35. The number of unbranched alkanes of at least 4 members (excludes halogenated alkanes) is 1. The molecule has 1 aliphatic rings. The Morgan fingerprint density at radius 3 is 2.77 bits per heavy atom. The zero-order valence-corrected chi connectivity index (χ0v) is 9.42. The minimum Gasteiger partial charge on any atom is -0.309 e. The molecule has 1 saturated heterocycles. The number of hydrogen-bond acceptors (Lipinski definition) is 2. The van der Waals surface area contributed by atoms with Gasteiger partial charge in [-0.1, -0.05) is 13.3 Å². The largest absolute Gasteiger partial charge is 0.309 e. The van der Waals surface area contributed by atoms with E-state index in [9.17, 15) is 0 Å². The molecule has 1 aliphatic heterocycles. The Hall–Kier alpha value is -0.0800. The van der Waals surface area contributed by atoms with Gasteiger partial charge in [-0.25, -0.2) is 0 Å². The van der Waals surface area contributed by atoms with Crippen molar-refractivity contribution in [2.75, 3.05) is 40.3 Å². The third kappa shape index (κ3) is 4.10. The van der Waals surface area contributed by atoms with E-state index in [-0.39, 0.29) is 0 Å². The van der Waals surface area contributed by atoms with Gasteiger partial charge in [0, 0.05) is 13.1 Å². The van der Waals surface area contributed by atoms with Crippen LogP contribution in [0.1, 0.15) is 26.2 Å². The van der Waals surface area contributed by atoms with Crippen molar-refractivity contribution in [1.82, 2.24) is 9.80 Å². The van der Waals surface area contributed by atoms with Crippen LogP contribution >= 0.6 is 0 Å². The van der Waals surface area contributed by atoms with Gasteiger partial charge in [0.25, 0.3) is 0 Å². The summed E-state index contributed by atoms with van der Waals surface area (Å²) in [5.41, 5.74) is 0. The van der Waals surface area contributed by atoms with Crippen LogP contribution in [0.25, 0.3) is 0 Å². The first-order valence-electron chi connectivity index (χ1n) is 5.59. The highest BCUT2D eigenvalue weighted by Crippen LogP contribution is 2.16. The lowest BCUT2D eigenvalue weighted by Gasteiger charge is -2.17. The summed E-state index contributed by atoms with van der Waals surface area (Å²) in [5.74, 6) is 0.923. The Morgan fingerprint density at radius 2 is 2.15 bits per heavy atom. The van der Waals surface area contributed by atoms with E-state index < -0.39 is 0 Å². The van der Waals surface area contributed by atoms with Crippen molar-refractivity contribution in [2.24, 2.45) is 5.92 Å². The molecule has 0 amide bonds. The average molecular weight is 184 g/mol. The Labute approximate surface area is 82.9 Å². The molecule has 1 rings (SSSR count). The highest BCUT2D eigenvalue weighted by Gasteiger charge is 2.21. The van der Waals surface area contributed by atoms with Crippen LogP contribution in [0, 0.1) is 5.92 Å². The van der Waals surface area contributed by atoms with Gasteiger partial charge >= 0.3 is 0 Å². The second kappa shape index (κ2) is 5.61. The van der Waals surface area contributed by atoms with Gasteiger partial charge in [0.05, 0.1) is 0 Å². The summed E-state index contributed by atoms with van der Waals surface area (Å²) in [4.78, 5) is 4.94. The maximum Gasteiger partial charge on any atom is 0.00224 e. The lowest BCUT2D eigenvalue weighted by Crippen LogP contribution is -2.26. The van der Waals surface area contributed by atoms with E-state index in [1.54, 1.807) is 0 Å². The molecule has 1 heterocycles. The summed E-state index contributed by atoms with van der Waals surface area (Å²) >= 11 is 0. The van der Waals surface area contributed by atoms with Gasteiger partial charge in [0.2, 0.25) is 0 Å². The van der Waals surface area contributed by atoms with Crippen LogP contribution in [0.3, 0.4) is 0 Å². The second-order valence-electron chi connectivity index (χ2n) is 4.57. The number of nitrogens with zero attached hydrogens (tertiary/aromatic N) is 2. The monoisotopic (exact) mass is 184 g/mol. The third-order valence-electron chi connectivity index (χ3n) is 2.82. The molecule has 0 spiro atoms. The molecular weight excluding hydrogens is 160 g/mol. The predicted octanol–water partition coefficient (Wildman–Crippen LogP) is 1.67. The third-order valence-corrected chi connectivity index (χ3v) is 2.82. The normalized spacial score (nSPS) is 24.5. The fraction of sp³-hybridized carbons (Fsp3) is 1.00. The number of rotatable bonds is 5. The zero-order valence-electron chi connectivity index (χ0n) is 9.42. The molecule has 1 fully saturated rings. The van der Waals surface area contributed by atoms with Crippen molar-refractivity contribution >= 4 is 0 Å². The first-order valence-corrected chi connectivity index (χ1v) is 5.59. The molecule has 13 heavy (non-hydrogen) atoms. The van der Waals surface area contributed by atoms with Gasteiger partial charge in [-0.2, -0.15) is 0 Å². The van der Waals surface area contributed by atoms with Crippen LogP contribution in [-0.4, -0.2) is 50.1 Å². The molecule has 1 unspecified atom stereocenters. The summed E-state index contributed by atoms with van der Waals surface area (Å²) < 4.78 is 0. The average Bonchev–Trinajstić information content (AvgIpc) is 2.48. The molecule has 0 aromatic heterocycles. The van der Waals surface area contributed by atoms with Crippen LogP contribution in [0.2, 0.25) is 0 Å². The molecule has 2 heteroatoms. The fourth-order valence-electron chi connectivity index (χ4n) is 2.16. The topological polar surface area (TPSA) is 6.48 Å². The molecule has 2 nitrogen and oxygen atoms in total. The van der Waals surface area contributed by atoms with Crippen molar-refractivity contribution in [1.29, 1.82) is 0 Å². The highest BCUT2D eigenvalue weighted by molar-refractivity contribution is 4.76. The lowest BCUT2D eigenvalue weighted by atomic mass is 10.1. The van der Waals surface area contributed by atoms with Crippen molar-refractivity contribution in [2.45, 2.75) is 26.2 Å². The SMILES string of the molecule is CCCCN1CCC(CN(C)C)C1. The maximum atomic E-state index is 2.62. The molecule has 0 bridgehead atoms. The quantitative estimate of drug-likeness (QED) is 0.641. The van der Waals surface area contributed by atoms with Gasteiger partial charge in [-0.15, -0.1) is 0 Å². The Bertz CT molecular complexity index is 134. The smallest absolute Gasteiger partial charge is 0.00224 e. The maximum absolute atomic E-state index is 2.62. The van der Waals surface area contributed by atoms with Crippen LogP contribution in [0.5, 0.6) is 0 Å². The standard InChI is InChI=1S/C11H24N2/c1-4-5-7-13-8-6-11(10-13)9-12(2)3/h11H,4-10H2,1-3H3. The van der Waals surface area contributed by atoms with Crippen molar-refractivity contribution in [3.8, 4) is 0 Å². The number of likely N-dealkylation sites (tertiary alicyclic amines) is 1. The Morgan fingerprint density at radius 1 is 1.38 bits per heavy atom. The Kier molecular flexibility index (Phi) is 4.74. The molecule has 78 valence electrons. The van der Waals surface area contributed by atoms with Crippen molar-refractivity contribution < 1.29 is 0 Å². The van der Waals surface area contributed by atoms with Crippen LogP contribution < -0.4 is 0 Å². The van der Waals surface area contributed by atoms with Gasteiger partial charge in [-0.05, 0) is 45.9 Å². The molecule has 0 aliphatic carbocycles. The zero-order chi connectivity index (χ0) is 9.68. The summed E-state index contributed by atoms with van der Waals surface area (Å²) in [5, 5.41) is 0. The highest BCUT2D eigenvalue weighted by atomic mass is 15.2. The summed E-state index contributed by atoms with van der Waals surface area (Å²) in [6.45, 7) is 7.52. The van der Waals surface area contributed by atoms with E-state index in [2.05, 4.69) is 30.8 Å². The molecule has 1 atom stereocenters. The number of hydrogen-bond donors (Lipinski definition) is 0. The van der Waals surface area contributed by atoms with E-state index in [0.29, 0.717) is 0 Å². The van der Waals surface area contributed by atoms with Gasteiger partial charge in [0.15, 0.2) is 0 Å². The second-order valence-corrected chi connectivity index (χ2v) is 4.57. The van der Waals surface area contributed by atoms with Crippen LogP contribution in [0.4, 0.5) is 0 Å². The lowest BCUT2D eigenvalue weighted by molar-refractivity contribution is 0.288. The van der Waals surface area contributed by atoms with Gasteiger partial charge < -0.3 is 9.80 Å². The first kappa shape index (κ1) is 11.0. The fourth-order valence-corrected chi connectivity index (χ4v) is 2.16. The van der Waals surface area contributed by atoms with Crippen molar-refractivity contribution in [3.05, 3.63) is 0 Å². The minimum absolute atomic E-state index is 0.923. The molecule has 0 N–H and O–H groups in total. The molecular formula is C11H24N2. The predicted molar refractivity (Wildman–Crippen MR) is 58.0 cm³/mol. The van der Waals surface area contributed by atoms with Gasteiger partial charge in [-0.3, -0.25) is 0 Å². The first-order chi connectivity index (χ1) is 6.22. The van der Waals surface area contributed by atoms with Crippen LogP contribution in [-0.2, 0) is 0 Å². The molecule has 0 saturated carbocycles. The summed E-state index contributed by atoms with van der Waals surface area (Å²) in [6, 6.07) is 0. The Balaban J connectivity index is 2.12. The van der Waals surface area contributed by atoms with E-state index >= 15 is 0 Å². The molecule has 0 radical (unpaired) electrons.